The van der Waals surface area contributed by atoms with Crippen LogP contribution < -0.4 is 6.15 Å². The van der Waals surface area contributed by atoms with Gasteiger partial charge >= 0.3 is 10.4 Å². The Kier molecular flexibility index (Phi) is 4.83. The van der Waals surface area contributed by atoms with Crippen LogP contribution in [0.25, 0.3) is 0 Å². The van der Waals surface area contributed by atoms with Crippen LogP contribution in [0.4, 0.5) is 0 Å². The van der Waals surface area contributed by atoms with E-state index in [9.17, 15) is 8.42 Å². The van der Waals surface area contributed by atoms with Crippen LogP contribution in [-0.4, -0.2) is 13.0 Å². The van der Waals surface area contributed by atoms with Crippen molar-refractivity contribution in [1.82, 2.24) is 6.15 Å². The Morgan fingerprint density at radius 1 is 1.57 bits per heavy atom. The Morgan fingerprint density at radius 2 is 1.71 bits per heavy atom. The van der Waals surface area contributed by atoms with Crippen LogP contribution in [-0.2, 0) is 14.4 Å². The van der Waals surface area contributed by atoms with Gasteiger partial charge in [0.05, 0.1) is 0 Å². The summed E-state index contributed by atoms with van der Waals surface area (Å²) in [5, 5.41) is 0. The highest BCUT2D eigenvalue weighted by Crippen LogP contribution is 1.90. The Balaban J connectivity index is 0. The molecule has 0 aromatic heterocycles. The van der Waals surface area contributed by atoms with Gasteiger partial charge in [0.1, 0.15) is 0 Å². The molecule has 0 aliphatic heterocycles. The van der Waals surface area contributed by atoms with E-state index in [1.54, 1.807) is 0 Å². The second-order valence-electron chi connectivity index (χ2n) is 0.524. The molecule has 0 aromatic carbocycles. The van der Waals surface area contributed by atoms with Gasteiger partial charge in [-0.25, -0.2) is 3.97 Å². The van der Waals surface area contributed by atoms with E-state index in [0.29, 0.717) is 0 Å². The molecule has 0 saturated carbocycles. The highest BCUT2D eigenvalue weighted by Gasteiger charge is 1.94. The summed E-state index contributed by atoms with van der Waals surface area (Å²) in [6.07, 6.45) is 0. The molecule has 0 amide bonds. The van der Waals surface area contributed by atoms with Crippen molar-refractivity contribution in [1.29, 1.82) is 0 Å². The maximum absolute atomic E-state index is 9.31. The van der Waals surface area contributed by atoms with Crippen LogP contribution in [0.2, 0.25) is 0 Å². The lowest BCUT2D eigenvalue weighted by molar-refractivity contribution is 0.407. The van der Waals surface area contributed by atoms with Gasteiger partial charge in [-0.1, -0.05) is 0 Å². The highest BCUT2D eigenvalue weighted by atomic mass is 32.3. The second-order valence-corrected chi connectivity index (χ2v) is 2.15. The largest absolute Gasteiger partial charge is 0.399 e. The van der Waals surface area contributed by atoms with Gasteiger partial charge < -0.3 is 6.15 Å². The van der Waals surface area contributed by atoms with E-state index in [1.165, 1.54) is 9.47 Å². The van der Waals surface area contributed by atoms with Crippen LogP contribution in [0.3, 0.4) is 0 Å². The molecule has 0 spiro atoms. The van der Waals surface area contributed by atoms with Gasteiger partial charge in [0.15, 0.2) is 0 Å². The molecular formula is H6NO4PS. The van der Waals surface area contributed by atoms with E-state index >= 15 is 0 Å². The van der Waals surface area contributed by atoms with Crippen LogP contribution in [0.15, 0.2) is 0 Å². The lowest BCUT2D eigenvalue weighted by Gasteiger charge is -1.81. The van der Waals surface area contributed by atoms with Crippen LogP contribution in [0.1, 0.15) is 0 Å². The topological polar surface area (TPSA) is 98.6 Å². The van der Waals surface area contributed by atoms with Gasteiger partial charge in [0.25, 0.3) is 0 Å². The smallest absolute Gasteiger partial charge is 0.344 e. The van der Waals surface area contributed by atoms with Crippen molar-refractivity contribution in [3.63, 3.8) is 0 Å². The minimum absolute atomic E-state index is 0. The van der Waals surface area contributed by atoms with E-state index in [-0.39, 0.29) is 6.15 Å². The molecule has 0 bridgehead atoms. The van der Waals surface area contributed by atoms with Gasteiger partial charge in [-0.05, 0) is 0 Å². The molecule has 5 nitrogen and oxygen atoms in total. The molecule has 4 N–H and O–H groups in total. The summed E-state index contributed by atoms with van der Waals surface area (Å²) < 4.78 is 29.6. The van der Waals surface area contributed by atoms with Crippen molar-refractivity contribution in [3.8, 4) is 0 Å². The fourth-order valence-corrected chi connectivity index (χ4v) is 0. The van der Waals surface area contributed by atoms with Crippen LogP contribution in [0.5, 0.6) is 0 Å². The molecule has 1 unspecified atom stereocenters. The van der Waals surface area contributed by atoms with E-state index < -0.39 is 10.4 Å². The highest BCUT2D eigenvalue weighted by molar-refractivity contribution is 7.83. The number of hydrogen-bond acceptors (Lipinski definition) is 4. The zero-order valence-electron chi connectivity index (χ0n) is 3.36. The first-order valence-corrected chi connectivity index (χ1v) is 2.75. The van der Waals surface area contributed by atoms with E-state index in [2.05, 4.69) is 3.97 Å². The van der Waals surface area contributed by atoms with Gasteiger partial charge in [0.2, 0.25) is 0 Å². The summed E-state index contributed by atoms with van der Waals surface area (Å²) >= 11 is 0. The monoisotopic (exact) mass is 147 g/mol. The first-order valence-electron chi connectivity index (χ1n) is 0.918. The zero-order chi connectivity index (χ0) is 5.21. The summed E-state index contributed by atoms with van der Waals surface area (Å²) in [5.74, 6) is 0. The maximum Gasteiger partial charge on any atom is 0.399 e. The second kappa shape index (κ2) is 3.29. The van der Waals surface area contributed by atoms with Gasteiger partial charge in [-0.2, -0.15) is 8.42 Å². The normalized spacial score (nSPS) is 10.0. The maximum atomic E-state index is 9.31. The lowest BCUT2D eigenvalue weighted by atomic mass is 14.0. The first-order chi connectivity index (χ1) is 2.56. The molecule has 46 valence electrons. The van der Waals surface area contributed by atoms with Gasteiger partial charge in [-0.3, -0.25) is 4.55 Å². The molecule has 7 heteroatoms. The van der Waals surface area contributed by atoms with Crippen molar-refractivity contribution in [2.75, 3.05) is 0 Å². The predicted molar refractivity (Wildman–Crippen MR) is 27.4 cm³/mol. The lowest BCUT2D eigenvalue weighted by Crippen LogP contribution is -1.92. The first kappa shape index (κ1) is 10.3. The zero-order valence-corrected chi connectivity index (χ0v) is 5.34. The average Bonchev–Trinajstić information content (AvgIpc) is 1.35. The van der Waals surface area contributed by atoms with Crippen molar-refractivity contribution >= 4 is 19.9 Å². The Hall–Kier alpha value is 0.260. The molecular weight excluding hydrogens is 141 g/mol. The molecule has 0 aromatic rings. The van der Waals surface area contributed by atoms with Gasteiger partial charge in [0, 0.05) is 9.47 Å². The Morgan fingerprint density at radius 3 is 1.71 bits per heavy atom. The standard InChI is InChI=1S/H3N.H3O4PS/c;1-6(2,3)4-5/h1H3;5H2,(H,1,2,3). The molecule has 0 radical (unpaired) electrons. The quantitative estimate of drug-likeness (QED) is 0.393. The molecule has 7 heavy (non-hydrogen) atoms. The third kappa shape index (κ3) is 10.7. The SMILES string of the molecule is N.O=S(=O)(O)OP. The van der Waals surface area contributed by atoms with Crippen molar-refractivity contribution in [3.05, 3.63) is 0 Å². The summed E-state index contributed by atoms with van der Waals surface area (Å²) in [6.45, 7) is 0. The fraction of sp³-hybridized carbons (Fsp3) is 0. The molecule has 0 saturated heterocycles. The summed E-state index contributed by atoms with van der Waals surface area (Å²) in [7, 11) is -2.81. The van der Waals surface area contributed by atoms with Crippen molar-refractivity contribution in [2.24, 2.45) is 0 Å². The molecule has 1 atom stereocenters. The summed E-state index contributed by atoms with van der Waals surface area (Å²) in [5.41, 5.74) is 0. The Labute approximate surface area is 43.9 Å². The minimum Gasteiger partial charge on any atom is -0.344 e. The molecule has 0 heterocycles. The molecule has 0 fully saturated rings. The average molecular weight is 147 g/mol. The van der Waals surface area contributed by atoms with Crippen molar-refractivity contribution < 1.29 is 16.9 Å². The van der Waals surface area contributed by atoms with Gasteiger partial charge in [-0.15, -0.1) is 0 Å². The van der Waals surface area contributed by atoms with Crippen LogP contribution >= 0.6 is 9.47 Å². The summed E-state index contributed by atoms with van der Waals surface area (Å²) in [4.78, 5) is 0. The van der Waals surface area contributed by atoms with Crippen LogP contribution in [0, 0.1) is 0 Å². The van der Waals surface area contributed by atoms with Crippen molar-refractivity contribution in [2.45, 2.75) is 0 Å². The predicted octanol–water partition coefficient (Wildman–Crippen LogP) is -0.242. The van der Waals surface area contributed by atoms with E-state index in [0.717, 1.165) is 0 Å². The fourth-order valence-electron chi connectivity index (χ4n) is 0. The Bertz CT molecular complexity index is 114. The molecule has 0 rings (SSSR count). The number of rotatable bonds is 1. The van der Waals surface area contributed by atoms with E-state index in [1.807, 2.05) is 0 Å². The third-order valence-electron chi connectivity index (χ3n) is 0.122. The minimum atomic E-state index is -4.20. The molecule has 0 aliphatic rings. The number of hydrogen-bond donors (Lipinski definition) is 2. The summed E-state index contributed by atoms with van der Waals surface area (Å²) in [6, 6.07) is 0. The molecule has 0 aliphatic carbocycles. The van der Waals surface area contributed by atoms with E-state index in [4.69, 9.17) is 4.55 Å². The third-order valence-corrected chi connectivity index (χ3v) is 1.09.